The Labute approximate surface area is 150 Å². The molecule has 2 heterocycles. The van der Waals surface area contributed by atoms with Crippen LogP contribution < -0.4 is 14.6 Å². The van der Waals surface area contributed by atoms with Crippen molar-refractivity contribution in [1.82, 2.24) is 0 Å². The first-order valence-corrected chi connectivity index (χ1v) is 8.30. The molecule has 0 N–H and O–H groups in total. The maximum Gasteiger partial charge on any atom is 0.263 e. The molecule has 0 aromatic heterocycles. The van der Waals surface area contributed by atoms with Crippen LogP contribution in [0.25, 0.3) is 0 Å². The molecular weight excluding hydrogens is 332 g/mol. The standard InChI is InChI=1S/C19H18N4O3/c1-11-7-8-13(9-12(11)2)22-18(24)16-17(19(22)25)23(21-20-16)14-5-4-6-15(10-14)26-3/h4-10,16-17H,1-3H3/t16-,17+/m1/s1. The minimum absolute atomic E-state index is 0.323. The van der Waals surface area contributed by atoms with E-state index in [0.717, 1.165) is 11.1 Å². The molecule has 2 atom stereocenters. The summed E-state index contributed by atoms with van der Waals surface area (Å²) in [5.74, 6) is -0.0302. The number of fused-ring (bicyclic) bond motifs is 1. The van der Waals surface area contributed by atoms with Gasteiger partial charge in [0, 0.05) is 6.07 Å². The molecule has 2 amide bonds. The van der Waals surface area contributed by atoms with Crippen molar-refractivity contribution >= 4 is 23.2 Å². The number of aryl methyl sites for hydroxylation is 2. The number of imide groups is 1. The van der Waals surface area contributed by atoms with Crippen molar-refractivity contribution in [2.24, 2.45) is 10.3 Å². The number of hydrogen-bond acceptors (Lipinski definition) is 6. The molecule has 26 heavy (non-hydrogen) atoms. The smallest absolute Gasteiger partial charge is 0.263 e. The lowest BCUT2D eigenvalue weighted by molar-refractivity contribution is -0.121. The lowest BCUT2D eigenvalue weighted by atomic mass is 10.1. The van der Waals surface area contributed by atoms with E-state index >= 15 is 0 Å². The summed E-state index contributed by atoms with van der Waals surface area (Å²) < 4.78 is 5.23. The highest BCUT2D eigenvalue weighted by Crippen LogP contribution is 2.36. The maximum atomic E-state index is 13.0. The third-order valence-corrected chi connectivity index (χ3v) is 4.85. The number of nitrogens with zero attached hydrogens (tertiary/aromatic N) is 4. The Kier molecular flexibility index (Phi) is 3.72. The van der Waals surface area contributed by atoms with Crippen LogP contribution in [-0.4, -0.2) is 31.0 Å². The summed E-state index contributed by atoms with van der Waals surface area (Å²) in [5.41, 5.74) is 3.35. The van der Waals surface area contributed by atoms with Gasteiger partial charge in [-0.05, 0) is 49.2 Å². The van der Waals surface area contributed by atoms with Gasteiger partial charge in [0.25, 0.3) is 11.8 Å². The van der Waals surface area contributed by atoms with Gasteiger partial charge in [-0.3, -0.25) is 9.59 Å². The van der Waals surface area contributed by atoms with Crippen LogP contribution in [0.1, 0.15) is 11.1 Å². The van der Waals surface area contributed by atoms with E-state index in [-0.39, 0.29) is 11.8 Å². The molecule has 0 radical (unpaired) electrons. The SMILES string of the molecule is COc1cccc(N2N=N[C@H]3C(=O)N(c4ccc(C)c(C)c4)C(=O)[C@H]32)c1. The fourth-order valence-corrected chi connectivity index (χ4v) is 3.25. The summed E-state index contributed by atoms with van der Waals surface area (Å²) >= 11 is 0. The predicted molar refractivity (Wildman–Crippen MR) is 96.3 cm³/mol. The van der Waals surface area contributed by atoms with Gasteiger partial charge in [0.2, 0.25) is 0 Å². The second-order valence-corrected chi connectivity index (χ2v) is 6.42. The zero-order valence-electron chi connectivity index (χ0n) is 14.7. The van der Waals surface area contributed by atoms with Crippen molar-refractivity contribution in [3.8, 4) is 5.75 Å². The molecule has 0 aliphatic carbocycles. The van der Waals surface area contributed by atoms with Crippen molar-refractivity contribution in [3.05, 3.63) is 53.6 Å². The van der Waals surface area contributed by atoms with Crippen LogP contribution in [-0.2, 0) is 9.59 Å². The molecule has 2 aromatic carbocycles. The highest BCUT2D eigenvalue weighted by molar-refractivity contribution is 6.26. The van der Waals surface area contributed by atoms with Crippen LogP contribution in [0, 0.1) is 13.8 Å². The van der Waals surface area contributed by atoms with Crippen molar-refractivity contribution in [2.75, 3.05) is 17.0 Å². The summed E-state index contributed by atoms with van der Waals surface area (Å²) in [4.78, 5) is 27.1. The van der Waals surface area contributed by atoms with Gasteiger partial charge in [-0.1, -0.05) is 17.4 Å². The van der Waals surface area contributed by atoms with Crippen LogP contribution >= 0.6 is 0 Å². The van der Waals surface area contributed by atoms with E-state index in [1.54, 1.807) is 37.4 Å². The van der Waals surface area contributed by atoms with Crippen molar-refractivity contribution in [1.29, 1.82) is 0 Å². The fraction of sp³-hybridized carbons (Fsp3) is 0.263. The third kappa shape index (κ3) is 2.35. The molecule has 0 bridgehead atoms. The molecule has 1 fully saturated rings. The number of rotatable bonds is 3. The highest BCUT2D eigenvalue weighted by atomic mass is 16.5. The van der Waals surface area contributed by atoms with E-state index in [1.807, 2.05) is 26.0 Å². The van der Waals surface area contributed by atoms with Gasteiger partial charge >= 0.3 is 0 Å². The van der Waals surface area contributed by atoms with E-state index in [9.17, 15) is 9.59 Å². The number of anilines is 2. The van der Waals surface area contributed by atoms with Gasteiger partial charge in [0.05, 0.1) is 18.5 Å². The zero-order chi connectivity index (χ0) is 18.4. The van der Waals surface area contributed by atoms with Gasteiger partial charge < -0.3 is 4.74 Å². The minimum Gasteiger partial charge on any atom is -0.497 e. The third-order valence-electron chi connectivity index (χ3n) is 4.85. The van der Waals surface area contributed by atoms with Crippen molar-refractivity contribution < 1.29 is 14.3 Å². The Morgan fingerprint density at radius 2 is 1.77 bits per heavy atom. The van der Waals surface area contributed by atoms with E-state index in [1.165, 1.54) is 9.91 Å². The second-order valence-electron chi connectivity index (χ2n) is 6.42. The monoisotopic (exact) mass is 350 g/mol. The summed E-state index contributed by atoms with van der Waals surface area (Å²) in [7, 11) is 1.57. The van der Waals surface area contributed by atoms with Crippen molar-refractivity contribution in [3.63, 3.8) is 0 Å². The first kappa shape index (κ1) is 16.3. The molecule has 132 valence electrons. The number of methoxy groups -OCH3 is 1. The number of ether oxygens (including phenoxy) is 1. The van der Waals surface area contributed by atoms with Gasteiger partial charge in [0.1, 0.15) is 5.75 Å². The second kappa shape index (κ2) is 5.94. The van der Waals surface area contributed by atoms with Gasteiger partial charge in [-0.25, -0.2) is 9.91 Å². The number of carbonyl (C=O) groups is 2. The van der Waals surface area contributed by atoms with Gasteiger partial charge in [-0.2, -0.15) is 5.11 Å². The molecule has 2 aliphatic heterocycles. The maximum absolute atomic E-state index is 13.0. The Morgan fingerprint density at radius 3 is 2.50 bits per heavy atom. The van der Waals surface area contributed by atoms with Crippen LogP contribution in [0.5, 0.6) is 5.75 Å². The molecule has 2 aliphatic rings. The van der Waals surface area contributed by atoms with E-state index in [2.05, 4.69) is 10.3 Å². The quantitative estimate of drug-likeness (QED) is 0.798. The summed E-state index contributed by atoms with van der Waals surface area (Å²) in [6, 6.07) is 11.1. The first-order chi connectivity index (χ1) is 12.5. The predicted octanol–water partition coefficient (Wildman–Crippen LogP) is 2.81. The molecule has 0 saturated carbocycles. The first-order valence-electron chi connectivity index (χ1n) is 8.30. The lowest BCUT2D eigenvalue weighted by Gasteiger charge is -2.21. The van der Waals surface area contributed by atoms with Gasteiger partial charge in [-0.15, -0.1) is 0 Å². The summed E-state index contributed by atoms with van der Waals surface area (Å²) in [6.07, 6.45) is 0. The molecule has 0 spiro atoms. The number of hydrogen-bond donors (Lipinski definition) is 0. The van der Waals surface area contributed by atoms with Crippen LogP contribution in [0.4, 0.5) is 11.4 Å². The molecule has 4 rings (SSSR count). The van der Waals surface area contributed by atoms with E-state index in [4.69, 9.17) is 4.74 Å². The van der Waals surface area contributed by atoms with E-state index in [0.29, 0.717) is 17.1 Å². The lowest BCUT2D eigenvalue weighted by Crippen LogP contribution is -2.39. The highest BCUT2D eigenvalue weighted by Gasteiger charge is 2.55. The van der Waals surface area contributed by atoms with Crippen LogP contribution in [0.3, 0.4) is 0 Å². The molecular formula is C19H18N4O3. The van der Waals surface area contributed by atoms with Crippen LogP contribution in [0.2, 0.25) is 0 Å². The minimum atomic E-state index is -0.824. The summed E-state index contributed by atoms with van der Waals surface area (Å²) in [5, 5.41) is 9.61. The Morgan fingerprint density at radius 1 is 0.962 bits per heavy atom. The van der Waals surface area contributed by atoms with Crippen LogP contribution in [0.15, 0.2) is 52.8 Å². The Bertz CT molecular complexity index is 940. The molecule has 2 aromatic rings. The number of benzene rings is 2. The largest absolute Gasteiger partial charge is 0.497 e. The van der Waals surface area contributed by atoms with Crippen molar-refractivity contribution in [2.45, 2.75) is 25.9 Å². The average Bonchev–Trinajstić information content (AvgIpc) is 3.18. The zero-order valence-corrected chi connectivity index (χ0v) is 14.7. The molecule has 0 unspecified atom stereocenters. The van der Waals surface area contributed by atoms with E-state index < -0.39 is 12.1 Å². The average molecular weight is 350 g/mol. The Balaban J connectivity index is 1.70. The summed E-state index contributed by atoms with van der Waals surface area (Å²) in [6.45, 7) is 3.94. The topological polar surface area (TPSA) is 74.6 Å². The normalized spacial score (nSPS) is 21.5. The molecule has 7 heteroatoms. The molecule has 7 nitrogen and oxygen atoms in total. The number of carbonyl (C=O) groups excluding carboxylic acids is 2. The van der Waals surface area contributed by atoms with Gasteiger partial charge in [0.15, 0.2) is 12.1 Å². The molecule has 1 saturated heterocycles. The number of amides is 2. The Hall–Kier alpha value is -3.22. The fourth-order valence-electron chi connectivity index (χ4n) is 3.25.